The molecule has 1 aliphatic heterocycles. The van der Waals surface area contributed by atoms with Gasteiger partial charge in [-0.3, -0.25) is 9.59 Å². The zero-order valence-electron chi connectivity index (χ0n) is 60.7. The number of aliphatic hydroxyl groups excluding tert-OH is 2. The second-order valence-electron chi connectivity index (χ2n) is 33.5. The lowest BCUT2D eigenvalue weighted by Crippen LogP contribution is -2.67. The number of hydrogen-bond acceptors (Lipinski definition) is 12. The fourth-order valence-corrected chi connectivity index (χ4v) is 33.9. The zero-order chi connectivity index (χ0) is 69.6. The van der Waals surface area contributed by atoms with Gasteiger partial charge in [0.15, 0.2) is 8.32 Å². The van der Waals surface area contributed by atoms with Crippen molar-refractivity contribution >= 4 is 75.5 Å². The summed E-state index contributed by atoms with van der Waals surface area (Å²) < 4.78 is 34.5. The van der Waals surface area contributed by atoms with Crippen molar-refractivity contribution in [2.24, 2.45) is 68.0 Å². The molecular formula is C80H116O12Si3. The first-order chi connectivity index (χ1) is 44.7. The van der Waals surface area contributed by atoms with Crippen LogP contribution in [0.1, 0.15) is 181 Å². The Morgan fingerprint density at radius 1 is 0.600 bits per heavy atom. The minimum atomic E-state index is -2.98. The van der Waals surface area contributed by atoms with Gasteiger partial charge < -0.3 is 37.8 Å². The van der Waals surface area contributed by atoms with Crippen molar-refractivity contribution in [3.63, 3.8) is 0 Å². The van der Waals surface area contributed by atoms with Gasteiger partial charge in [0.1, 0.15) is 43.3 Å². The van der Waals surface area contributed by atoms with E-state index >= 15 is 0 Å². The number of esters is 2. The summed E-state index contributed by atoms with van der Waals surface area (Å²) in [4.78, 5) is 65.2. The molecule has 4 aromatic carbocycles. The Bertz CT molecular complexity index is 3230. The van der Waals surface area contributed by atoms with Gasteiger partial charge in [-0.05, 0) is 161 Å². The van der Waals surface area contributed by atoms with E-state index in [0.717, 1.165) is 84.4 Å². The van der Waals surface area contributed by atoms with Crippen LogP contribution in [0.2, 0.25) is 29.2 Å². The monoisotopic (exact) mass is 1350 g/mol. The number of ketones is 2. The smallest absolute Gasteiger partial charge is 0.331 e. The number of rotatable bonds is 15. The van der Waals surface area contributed by atoms with Crippen molar-refractivity contribution in [2.45, 2.75) is 235 Å². The first-order valence-corrected chi connectivity index (χ1v) is 43.0. The normalized spacial score (nSPS) is 35.0. The fourth-order valence-electron chi connectivity index (χ4n) is 21.4. The third kappa shape index (κ3) is 12.7. The maximum atomic E-state index is 14.4. The van der Waals surface area contributed by atoms with Crippen LogP contribution in [0, 0.1) is 68.0 Å². The van der Waals surface area contributed by atoms with E-state index in [1.165, 1.54) is 6.92 Å². The summed E-state index contributed by atoms with van der Waals surface area (Å²) in [7, 11) is -7.86. The minimum Gasteiger partial charge on any atom is -0.460 e. The summed E-state index contributed by atoms with van der Waals surface area (Å²) >= 11 is 0. The highest BCUT2D eigenvalue weighted by molar-refractivity contribution is 7.00. The van der Waals surface area contributed by atoms with Crippen LogP contribution in [0.4, 0.5) is 0 Å². The third-order valence-corrected chi connectivity index (χ3v) is 39.0. The van der Waals surface area contributed by atoms with Crippen molar-refractivity contribution in [3.8, 4) is 0 Å². The number of ether oxygens (including phenoxy) is 2. The highest BCUT2D eigenvalue weighted by atomic mass is 28.4. The van der Waals surface area contributed by atoms with Gasteiger partial charge in [0.2, 0.25) is 0 Å². The molecule has 6 saturated carbocycles. The summed E-state index contributed by atoms with van der Waals surface area (Å²) in [6.07, 6.45) is 8.24. The molecule has 6 aliphatic carbocycles. The van der Waals surface area contributed by atoms with Crippen LogP contribution < -0.4 is 20.7 Å². The zero-order valence-corrected chi connectivity index (χ0v) is 63.7. The molecule has 0 aromatic heterocycles. The molecule has 1 saturated heterocycles. The lowest BCUT2D eigenvalue weighted by atomic mass is 9.43. The second-order valence-corrected chi connectivity index (χ2v) is 46.2. The van der Waals surface area contributed by atoms with Crippen molar-refractivity contribution in [3.05, 3.63) is 121 Å². The summed E-state index contributed by atoms with van der Waals surface area (Å²) in [5.74, 6) is -0.0609. The summed E-state index contributed by atoms with van der Waals surface area (Å²) in [5.41, 5.74) is -2.44. The molecule has 7 fully saturated rings. The lowest BCUT2D eigenvalue weighted by molar-refractivity contribution is -0.219. The van der Waals surface area contributed by atoms with Crippen molar-refractivity contribution in [2.75, 3.05) is 19.8 Å². The lowest BCUT2D eigenvalue weighted by Gasteiger charge is -2.62. The largest absolute Gasteiger partial charge is 0.460 e. The van der Waals surface area contributed by atoms with E-state index in [-0.39, 0.29) is 99.7 Å². The molecule has 1 heterocycles. The molecule has 12 nitrogen and oxygen atoms in total. The Kier molecular flexibility index (Phi) is 22.1. The first-order valence-electron chi connectivity index (χ1n) is 36.0. The predicted molar refractivity (Wildman–Crippen MR) is 385 cm³/mol. The molecule has 4 bridgehead atoms. The van der Waals surface area contributed by atoms with Gasteiger partial charge in [-0.1, -0.05) is 218 Å². The molecule has 16 atom stereocenters. The van der Waals surface area contributed by atoms with Crippen LogP contribution in [-0.2, 0) is 46.7 Å². The average molecular weight is 1350 g/mol. The van der Waals surface area contributed by atoms with E-state index in [1.807, 2.05) is 55.5 Å². The molecule has 2 unspecified atom stereocenters. The van der Waals surface area contributed by atoms with E-state index < -0.39 is 59.4 Å². The van der Waals surface area contributed by atoms with Crippen LogP contribution in [0.3, 0.4) is 0 Å². The predicted octanol–water partition coefficient (Wildman–Crippen LogP) is 13.8. The quantitative estimate of drug-likeness (QED) is 0.0656. The molecule has 95 heavy (non-hydrogen) atoms. The third-order valence-electron chi connectivity index (χ3n) is 26.6. The molecular weight excluding hydrogens is 1240 g/mol. The van der Waals surface area contributed by atoms with Gasteiger partial charge in [0.25, 0.3) is 16.6 Å². The van der Waals surface area contributed by atoms with Crippen molar-refractivity contribution in [1.82, 2.24) is 0 Å². The van der Waals surface area contributed by atoms with Gasteiger partial charge in [-0.15, -0.1) is 0 Å². The minimum absolute atomic E-state index is 0.0686. The Labute approximate surface area is 572 Å². The van der Waals surface area contributed by atoms with Crippen LogP contribution in [0.25, 0.3) is 0 Å². The number of fused-ring (bicyclic) bond motifs is 1. The van der Waals surface area contributed by atoms with Crippen LogP contribution in [0.15, 0.2) is 121 Å². The molecule has 4 aromatic rings. The second kappa shape index (κ2) is 28.1. The Morgan fingerprint density at radius 2 is 0.958 bits per heavy atom. The molecule has 7 aliphatic rings. The van der Waals surface area contributed by atoms with Gasteiger partial charge in [0.05, 0.1) is 18.8 Å². The van der Waals surface area contributed by atoms with Gasteiger partial charge in [0, 0.05) is 40.9 Å². The van der Waals surface area contributed by atoms with E-state index in [9.17, 15) is 29.4 Å². The topological polar surface area (TPSA) is 172 Å². The van der Waals surface area contributed by atoms with Crippen molar-refractivity contribution < 1.29 is 56.9 Å². The van der Waals surface area contributed by atoms with Gasteiger partial charge in [-0.25, -0.2) is 9.59 Å². The Balaban J connectivity index is 0.000000215. The van der Waals surface area contributed by atoms with Crippen LogP contribution in [-0.4, -0.2) is 109 Å². The maximum Gasteiger partial charge on any atom is 0.331 e. The average Bonchev–Trinajstić information content (AvgIpc) is 1.61. The van der Waals surface area contributed by atoms with Crippen LogP contribution >= 0.6 is 0 Å². The molecule has 520 valence electrons. The molecule has 0 radical (unpaired) electrons. The molecule has 11 rings (SSSR count). The van der Waals surface area contributed by atoms with E-state index in [4.69, 9.17) is 27.5 Å². The highest BCUT2D eigenvalue weighted by Gasteiger charge is 2.72. The molecule has 2 N–H and O–H groups in total. The van der Waals surface area contributed by atoms with E-state index in [2.05, 4.69) is 176 Å². The SMILES string of the molecule is CC=O.CC[C@]1(CO)C[C@@H](OC(=O)CO[Si](c2ccccc2)(c2ccccc2)C(C)(C)C)[C@@]2(C)C3C(=O)CC[C@]3(CC[C@H]2C)[C@@H](C)[C@@H]1O.CC[C@]12C[C@@H](OC(=O)CO[Si](c3ccccc3)(c3ccccc3)C(C)(C)C)[C@@]3(C)C4C(=O)CC[C@]4(CC[C@H]3C)[C@@H](C)[C@@H]1O[Si](C)(C)C2. The number of carbonyl (C=O) groups is 5. The fraction of sp³-hybridized carbons (Fsp3) is 0.637. The number of carbonyl (C=O) groups excluding carboxylic acids is 5. The Hall–Kier alpha value is -4.72. The number of aldehydes is 1. The summed E-state index contributed by atoms with van der Waals surface area (Å²) in [6, 6.07) is 42.4. The standard InChI is InChI=1S/C40H58O5Si2.C38H54O6Si.C2H4O/c1-10-39-25-33(38(7)28(2)21-23-40(24-22-32(41)35(38)40)29(3)36(39)45-46(8,9)27-39)44-34(42)26-43-47(37(4,5)6,30-17-13-11-14-18-30)31-19-15-12-16-20-31;1-8-37(25-39)23-31(36(7)26(2)19-21-38(27(3)34(37)42)22-20-30(40)33(36)38)44-32(41)24-43-45(35(4,5)6,28-15-11-9-12-16-28)29-17-13-10-14-18-29;1-2-3/h11-20,28-29,33,35-36H,10,21-27H2,1-9H3;9-18,26-27,31,33-34,39,42H,8,19-25H2,1-7H3;2H,1H3/t28-,29+,33-,35?,36+,38+,39-,40-;26-,27+,31-,33?,34+,36+,37-,38-;/m11./s1. The van der Waals surface area contributed by atoms with Gasteiger partial charge >= 0.3 is 11.9 Å². The molecule has 0 spiro atoms. The van der Waals surface area contributed by atoms with E-state index in [1.54, 1.807) is 0 Å². The van der Waals surface area contributed by atoms with Gasteiger partial charge in [-0.2, -0.15) is 0 Å². The highest BCUT2D eigenvalue weighted by Crippen LogP contribution is 2.71. The summed E-state index contributed by atoms with van der Waals surface area (Å²) in [6.45, 7) is 36.5. The maximum absolute atomic E-state index is 14.4. The van der Waals surface area contributed by atoms with E-state index in [0.29, 0.717) is 37.4 Å². The first kappa shape index (κ1) is 74.5. The Morgan fingerprint density at radius 3 is 1.29 bits per heavy atom. The van der Waals surface area contributed by atoms with Crippen molar-refractivity contribution in [1.29, 1.82) is 0 Å². The molecule has 0 amide bonds. The number of aliphatic hydroxyl groups is 2. The van der Waals surface area contributed by atoms with Crippen LogP contribution in [0.5, 0.6) is 0 Å². The number of hydrogen-bond donors (Lipinski definition) is 2. The summed E-state index contributed by atoms with van der Waals surface area (Å²) in [5, 5.41) is 26.7. The molecule has 15 heteroatoms. The number of benzene rings is 4. The number of Topliss-reactive ketones (excluding diaryl/α,β-unsaturated/α-hetero) is 2.